The smallest absolute Gasteiger partial charge is 0.387 e. The Labute approximate surface area is 206 Å². The number of unbranched alkanes of at least 4 members (excludes halogenated alkanes) is 2. The fourth-order valence-corrected chi connectivity index (χ4v) is 3.98. The van der Waals surface area contributed by atoms with E-state index in [4.69, 9.17) is 0 Å². The summed E-state index contributed by atoms with van der Waals surface area (Å²) >= 11 is 0. The molecule has 0 aliphatic heterocycles. The van der Waals surface area contributed by atoms with Gasteiger partial charge >= 0.3 is 6.61 Å². The molecule has 0 aliphatic rings. The fraction of sp³-hybridized carbons (Fsp3) is 0.200. The van der Waals surface area contributed by atoms with Gasteiger partial charge in [0.05, 0.1) is 5.56 Å². The van der Waals surface area contributed by atoms with E-state index >= 15 is 4.39 Å². The first kappa shape index (κ1) is 25.2. The van der Waals surface area contributed by atoms with Gasteiger partial charge in [0.15, 0.2) is 17.4 Å². The van der Waals surface area contributed by atoms with Crippen LogP contribution in [0, 0.1) is 29.3 Å². The Hall–Kier alpha value is -3.85. The fourth-order valence-electron chi connectivity index (χ4n) is 3.98. The highest BCUT2D eigenvalue weighted by molar-refractivity contribution is 5.89. The second-order valence-electron chi connectivity index (χ2n) is 8.41. The Morgan fingerprint density at radius 3 is 2.14 bits per heavy atom. The highest BCUT2D eigenvalue weighted by atomic mass is 19.3. The predicted molar refractivity (Wildman–Crippen MR) is 132 cm³/mol. The minimum Gasteiger partial charge on any atom is -0.429 e. The maximum Gasteiger partial charge on any atom is 0.387 e. The summed E-state index contributed by atoms with van der Waals surface area (Å²) in [6, 6.07) is 18.5. The number of aryl methyl sites for hydroxylation is 1. The highest BCUT2D eigenvalue weighted by Gasteiger charge is 2.16. The minimum absolute atomic E-state index is 0.0420. The second kappa shape index (κ2) is 11.3. The van der Waals surface area contributed by atoms with Crippen LogP contribution in [0.25, 0.3) is 21.9 Å². The zero-order chi connectivity index (χ0) is 25.7. The first-order valence-electron chi connectivity index (χ1n) is 11.6. The van der Waals surface area contributed by atoms with Crippen molar-refractivity contribution in [3.63, 3.8) is 0 Å². The Balaban J connectivity index is 1.57. The van der Waals surface area contributed by atoms with Crippen molar-refractivity contribution in [2.75, 3.05) is 0 Å². The van der Waals surface area contributed by atoms with Gasteiger partial charge < -0.3 is 4.74 Å². The summed E-state index contributed by atoms with van der Waals surface area (Å²) in [4.78, 5) is 0. The van der Waals surface area contributed by atoms with Crippen LogP contribution in [-0.2, 0) is 6.42 Å². The average Bonchev–Trinajstić information content (AvgIpc) is 2.86. The minimum atomic E-state index is -3.37. The predicted octanol–water partition coefficient (Wildman–Crippen LogP) is 8.66. The van der Waals surface area contributed by atoms with Gasteiger partial charge in [-0.25, -0.2) is 13.2 Å². The van der Waals surface area contributed by atoms with Crippen molar-refractivity contribution in [3.8, 4) is 28.7 Å². The van der Waals surface area contributed by atoms with E-state index in [1.807, 2.05) is 12.1 Å². The molecule has 0 radical (unpaired) electrons. The molecule has 0 amide bonds. The summed E-state index contributed by atoms with van der Waals surface area (Å²) in [6.45, 7) is -1.19. The Bertz CT molecular complexity index is 1410. The van der Waals surface area contributed by atoms with Gasteiger partial charge in [-0.15, -0.1) is 0 Å². The largest absolute Gasteiger partial charge is 0.429 e. The lowest BCUT2D eigenvalue weighted by Crippen LogP contribution is -2.06. The van der Waals surface area contributed by atoms with E-state index in [0.29, 0.717) is 10.8 Å². The summed E-state index contributed by atoms with van der Waals surface area (Å²) in [5.41, 5.74) is 3.18. The number of halogens is 5. The van der Waals surface area contributed by atoms with E-state index in [2.05, 4.69) is 47.8 Å². The van der Waals surface area contributed by atoms with Gasteiger partial charge in [0, 0.05) is 10.9 Å². The van der Waals surface area contributed by atoms with E-state index in [9.17, 15) is 17.6 Å². The molecule has 4 aromatic rings. The summed E-state index contributed by atoms with van der Waals surface area (Å²) < 4.78 is 71.4. The highest BCUT2D eigenvalue weighted by Crippen LogP contribution is 2.28. The zero-order valence-corrected chi connectivity index (χ0v) is 19.6. The van der Waals surface area contributed by atoms with Crippen molar-refractivity contribution in [3.05, 3.63) is 101 Å². The van der Waals surface area contributed by atoms with Crippen LogP contribution in [0.1, 0.15) is 42.9 Å². The maximum absolute atomic E-state index is 15.1. The van der Waals surface area contributed by atoms with Gasteiger partial charge in [-0.2, -0.15) is 8.78 Å². The number of ether oxygens (including phenoxy) is 1. The first-order chi connectivity index (χ1) is 17.4. The Morgan fingerprint density at radius 2 is 1.47 bits per heavy atom. The van der Waals surface area contributed by atoms with Crippen molar-refractivity contribution >= 4 is 10.8 Å². The number of rotatable bonds is 7. The molecule has 0 saturated heterocycles. The van der Waals surface area contributed by atoms with Crippen molar-refractivity contribution in [2.24, 2.45) is 0 Å². The lowest BCUT2D eigenvalue weighted by Gasteiger charge is -2.08. The molecule has 0 atom stereocenters. The molecule has 0 saturated carbocycles. The van der Waals surface area contributed by atoms with E-state index in [-0.39, 0.29) is 11.1 Å². The van der Waals surface area contributed by atoms with E-state index in [1.54, 1.807) is 12.1 Å². The molecule has 0 aliphatic carbocycles. The van der Waals surface area contributed by atoms with E-state index < -0.39 is 29.8 Å². The molecule has 0 fully saturated rings. The van der Waals surface area contributed by atoms with E-state index in [1.165, 1.54) is 30.9 Å². The van der Waals surface area contributed by atoms with Crippen molar-refractivity contribution in [1.29, 1.82) is 0 Å². The maximum atomic E-state index is 15.1. The molecule has 0 aromatic heterocycles. The molecule has 36 heavy (non-hydrogen) atoms. The topological polar surface area (TPSA) is 9.23 Å². The molecule has 1 nitrogen and oxygen atoms in total. The monoisotopic (exact) mass is 494 g/mol. The van der Waals surface area contributed by atoms with Crippen LogP contribution in [0.2, 0.25) is 0 Å². The molecule has 0 heterocycles. The first-order valence-corrected chi connectivity index (χ1v) is 11.6. The third kappa shape index (κ3) is 5.85. The Kier molecular flexibility index (Phi) is 7.90. The van der Waals surface area contributed by atoms with Crippen LogP contribution in [0.4, 0.5) is 22.0 Å². The molecule has 184 valence electrons. The van der Waals surface area contributed by atoms with Gasteiger partial charge in [-0.1, -0.05) is 74.1 Å². The van der Waals surface area contributed by atoms with E-state index in [0.717, 1.165) is 29.7 Å². The third-order valence-corrected chi connectivity index (χ3v) is 5.86. The number of alkyl halides is 2. The van der Waals surface area contributed by atoms with Crippen LogP contribution in [0.15, 0.2) is 66.7 Å². The lowest BCUT2D eigenvalue weighted by molar-refractivity contribution is -0.0546. The number of fused-ring (bicyclic) bond motifs is 1. The van der Waals surface area contributed by atoms with Crippen molar-refractivity contribution < 1.29 is 26.7 Å². The summed E-state index contributed by atoms with van der Waals surface area (Å²) in [5, 5.41) is 1.05. The van der Waals surface area contributed by atoms with Crippen LogP contribution in [0.3, 0.4) is 0 Å². The number of hydrogen-bond acceptors (Lipinski definition) is 1. The second-order valence-corrected chi connectivity index (χ2v) is 8.41. The van der Waals surface area contributed by atoms with Crippen LogP contribution in [0.5, 0.6) is 5.75 Å². The van der Waals surface area contributed by atoms with Gasteiger partial charge in [-0.05, 0) is 59.2 Å². The molecule has 0 spiro atoms. The summed E-state index contributed by atoms with van der Waals surface area (Å²) in [7, 11) is 0. The molecule has 0 unspecified atom stereocenters. The summed E-state index contributed by atoms with van der Waals surface area (Å²) in [6.07, 6.45) is 4.61. The van der Waals surface area contributed by atoms with Gasteiger partial charge in [0.2, 0.25) is 0 Å². The molecule has 0 N–H and O–H groups in total. The lowest BCUT2D eigenvalue weighted by atomic mass is 9.98. The molecular formula is C30H23F5O. The molecule has 0 bridgehead atoms. The summed E-state index contributed by atoms with van der Waals surface area (Å²) in [5.74, 6) is 0.655. The number of benzene rings is 4. The SMILES string of the molecule is CCCCCc1ccc(-c2ccc3c(F)c(C#Cc4cc(F)c(OC(F)F)c(F)c4)ccc3c2)cc1. The molecule has 4 rings (SSSR count). The van der Waals surface area contributed by atoms with Crippen LogP contribution < -0.4 is 4.74 Å². The quantitative estimate of drug-likeness (QED) is 0.142. The zero-order valence-electron chi connectivity index (χ0n) is 19.6. The van der Waals surface area contributed by atoms with Crippen LogP contribution >= 0.6 is 0 Å². The molecule has 4 aromatic carbocycles. The Morgan fingerprint density at radius 1 is 0.778 bits per heavy atom. The third-order valence-electron chi connectivity index (χ3n) is 5.86. The van der Waals surface area contributed by atoms with Gasteiger partial charge in [0.25, 0.3) is 0 Å². The van der Waals surface area contributed by atoms with Crippen LogP contribution in [-0.4, -0.2) is 6.61 Å². The standard InChI is InChI=1S/C30H23F5O/c1-2-3-4-5-19-6-9-21(10-7-19)23-14-15-25-24(18-23)13-12-22(28(25)33)11-8-20-16-26(31)29(27(32)17-20)36-30(34)35/h6-7,9-10,12-18,30H,2-5H2,1H3. The average molecular weight is 495 g/mol. The molecular weight excluding hydrogens is 471 g/mol. The van der Waals surface area contributed by atoms with Gasteiger partial charge in [0.1, 0.15) is 5.82 Å². The van der Waals surface area contributed by atoms with Crippen molar-refractivity contribution in [1.82, 2.24) is 0 Å². The normalized spacial score (nSPS) is 11.0. The van der Waals surface area contributed by atoms with Gasteiger partial charge in [-0.3, -0.25) is 0 Å². The molecule has 6 heteroatoms. The number of hydrogen-bond donors (Lipinski definition) is 0. The van der Waals surface area contributed by atoms with Crippen molar-refractivity contribution in [2.45, 2.75) is 39.2 Å².